The van der Waals surface area contributed by atoms with Crippen molar-refractivity contribution < 1.29 is 19.1 Å². The third-order valence-electron chi connectivity index (χ3n) is 3.75. The van der Waals surface area contributed by atoms with Crippen molar-refractivity contribution in [3.05, 3.63) is 63.6 Å². The monoisotopic (exact) mass is 456 g/mol. The standard InChI is InChI=1S/C22H21BrN2O4/c1-3-11-29-20-10-5-15(13-19(20)23)12-17(14-24)21(26)25-18-8-6-16(7-9-18)22(27)28-4-2/h5-10,12-13H,3-4,11H2,1-2H3,(H,25,26)/b17-12+. The predicted octanol–water partition coefficient (Wildman–Crippen LogP) is 4.96. The molecule has 0 spiro atoms. The van der Waals surface area contributed by atoms with E-state index in [-0.39, 0.29) is 12.2 Å². The molecular weight excluding hydrogens is 436 g/mol. The van der Waals surface area contributed by atoms with Crippen molar-refractivity contribution in [2.45, 2.75) is 20.3 Å². The number of anilines is 1. The molecule has 0 atom stereocenters. The molecule has 1 N–H and O–H groups in total. The maximum absolute atomic E-state index is 12.4. The Labute approximate surface area is 178 Å². The molecule has 2 rings (SSSR count). The molecule has 0 bridgehead atoms. The Hall–Kier alpha value is -3.11. The van der Waals surface area contributed by atoms with Crippen molar-refractivity contribution in [3.63, 3.8) is 0 Å². The zero-order chi connectivity index (χ0) is 21.2. The number of hydrogen-bond donors (Lipinski definition) is 1. The third kappa shape index (κ3) is 6.47. The summed E-state index contributed by atoms with van der Waals surface area (Å²) in [5.41, 5.74) is 1.49. The fraction of sp³-hybridized carbons (Fsp3) is 0.227. The lowest BCUT2D eigenvalue weighted by atomic mass is 10.1. The normalized spacial score (nSPS) is 10.8. The first-order valence-electron chi connectivity index (χ1n) is 9.11. The van der Waals surface area contributed by atoms with E-state index in [0.29, 0.717) is 29.2 Å². The average Bonchev–Trinajstić information content (AvgIpc) is 2.72. The van der Waals surface area contributed by atoms with Gasteiger partial charge in [0.15, 0.2) is 0 Å². The minimum atomic E-state index is -0.543. The Balaban J connectivity index is 2.11. The largest absolute Gasteiger partial charge is 0.492 e. The molecule has 0 unspecified atom stereocenters. The number of ether oxygens (including phenoxy) is 2. The Bertz CT molecular complexity index is 946. The number of hydrogen-bond acceptors (Lipinski definition) is 5. The first-order chi connectivity index (χ1) is 14.0. The third-order valence-corrected chi connectivity index (χ3v) is 4.37. The highest BCUT2D eigenvalue weighted by Gasteiger charge is 2.12. The van der Waals surface area contributed by atoms with Gasteiger partial charge in [-0.2, -0.15) is 5.26 Å². The van der Waals surface area contributed by atoms with Crippen molar-refractivity contribution in [2.75, 3.05) is 18.5 Å². The van der Waals surface area contributed by atoms with Crippen LogP contribution < -0.4 is 10.1 Å². The van der Waals surface area contributed by atoms with E-state index in [1.807, 2.05) is 13.0 Å². The minimum absolute atomic E-state index is 0.0476. The van der Waals surface area contributed by atoms with Gasteiger partial charge >= 0.3 is 5.97 Å². The molecule has 0 saturated heterocycles. The van der Waals surface area contributed by atoms with E-state index in [9.17, 15) is 14.9 Å². The van der Waals surface area contributed by atoms with Gasteiger partial charge in [0, 0.05) is 5.69 Å². The summed E-state index contributed by atoms with van der Waals surface area (Å²) in [4.78, 5) is 24.1. The summed E-state index contributed by atoms with van der Waals surface area (Å²) in [7, 11) is 0. The molecular formula is C22H21BrN2O4. The molecule has 1 amide bonds. The van der Waals surface area contributed by atoms with Gasteiger partial charge in [0.25, 0.3) is 5.91 Å². The van der Waals surface area contributed by atoms with Gasteiger partial charge in [-0.05, 0) is 77.3 Å². The second-order valence-corrected chi connectivity index (χ2v) is 6.81. The molecule has 2 aromatic rings. The summed E-state index contributed by atoms with van der Waals surface area (Å²) in [5.74, 6) is -0.271. The van der Waals surface area contributed by atoms with Gasteiger partial charge in [0.1, 0.15) is 17.4 Å². The SMILES string of the molecule is CCCOc1ccc(/C=C(\C#N)C(=O)Nc2ccc(C(=O)OCC)cc2)cc1Br. The van der Waals surface area contributed by atoms with E-state index in [1.54, 1.807) is 49.4 Å². The van der Waals surface area contributed by atoms with Crippen LogP contribution in [-0.2, 0) is 9.53 Å². The van der Waals surface area contributed by atoms with Gasteiger partial charge < -0.3 is 14.8 Å². The first kappa shape index (κ1) is 22.2. The topological polar surface area (TPSA) is 88.4 Å². The van der Waals surface area contributed by atoms with Gasteiger partial charge in [-0.25, -0.2) is 4.79 Å². The Morgan fingerprint density at radius 2 is 1.90 bits per heavy atom. The van der Waals surface area contributed by atoms with Crippen molar-refractivity contribution in [2.24, 2.45) is 0 Å². The highest BCUT2D eigenvalue weighted by atomic mass is 79.9. The van der Waals surface area contributed by atoms with Crippen molar-refractivity contribution in [1.29, 1.82) is 5.26 Å². The van der Waals surface area contributed by atoms with Crippen molar-refractivity contribution in [3.8, 4) is 11.8 Å². The number of nitrogens with one attached hydrogen (secondary N) is 1. The molecule has 0 radical (unpaired) electrons. The lowest BCUT2D eigenvalue weighted by molar-refractivity contribution is -0.112. The second-order valence-electron chi connectivity index (χ2n) is 5.96. The summed E-state index contributed by atoms with van der Waals surface area (Å²) in [6.07, 6.45) is 2.39. The smallest absolute Gasteiger partial charge is 0.338 e. The fourth-order valence-corrected chi connectivity index (χ4v) is 2.86. The van der Waals surface area contributed by atoms with E-state index >= 15 is 0 Å². The molecule has 0 aliphatic heterocycles. The zero-order valence-corrected chi connectivity index (χ0v) is 17.8. The maximum Gasteiger partial charge on any atom is 0.338 e. The maximum atomic E-state index is 12.4. The summed E-state index contributed by atoms with van der Waals surface area (Å²) in [6, 6.07) is 13.5. The number of nitriles is 1. The highest BCUT2D eigenvalue weighted by molar-refractivity contribution is 9.10. The fourth-order valence-electron chi connectivity index (χ4n) is 2.35. The van der Waals surface area contributed by atoms with Crippen LogP contribution >= 0.6 is 15.9 Å². The van der Waals surface area contributed by atoms with E-state index < -0.39 is 11.9 Å². The average molecular weight is 457 g/mol. The van der Waals surface area contributed by atoms with E-state index in [1.165, 1.54) is 6.08 Å². The molecule has 0 heterocycles. The molecule has 2 aromatic carbocycles. The number of carbonyl (C=O) groups is 2. The molecule has 6 nitrogen and oxygen atoms in total. The number of carbonyl (C=O) groups excluding carboxylic acids is 2. The molecule has 0 fully saturated rings. The predicted molar refractivity (Wildman–Crippen MR) is 115 cm³/mol. The van der Waals surface area contributed by atoms with E-state index in [2.05, 4.69) is 21.2 Å². The minimum Gasteiger partial charge on any atom is -0.492 e. The van der Waals surface area contributed by atoms with E-state index in [0.717, 1.165) is 10.9 Å². The zero-order valence-electron chi connectivity index (χ0n) is 16.2. The summed E-state index contributed by atoms with van der Waals surface area (Å²) < 4.78 is 11.3. The number of esters is 1. The number of halogens is 1. The van der Waals surface area contributed by atoms with Gasteiger partial charge in [0.05, 0.1) is 23.2 Å². The van der Waals surface area contributed by atoms with E-state index in [4.69, 9.17) is 9.47 Å². The molecule has 150 valence electrons. The van der Waals surface area contributed by atoms with Crippen LogP contribution in [0.3, 0.4) is 0 Å². The Morgan fingerprint density at radius 3 is 2.48 bits per heavy atom. The van der Waals surface area contributed by atoms with Crippen LogP contribution in [-0.4, -0.2) is 25.1 Å². The Morgan fingerprint density at radius 1 is 1.17 bits per heavy atom. The highest BCUT2D eigenvalue weighted by Crippen LogP contribution is 2.27. The Kier molecular flexibility index (Phi) is 8.44. The molecule has 29 heavy (non-hydrogen) atoms. The second kappa shape index (κ2) is 11.0. The van der Waals surface area contributed by atoms with Crippen molar-refractivity contribution >= 4 is 39.6 Å². The van der Waals surface area contributed by atoms with Crippen LogP contribution in [0, 0.1) is 11.3 Å². The quantitative estimate of drug-likeness (QED) is 0.344. The number of benzene rings is 2. The van der Waals surface area contributed by atoms with Gasteiger partial charge in [-0.1, -0.05) is 13.0 Å². The summed E-state index contributed by atoms with van der Waals surface area (Å²) in [6.45, 7) is 4.64. The van der Waals surface area contributed by atoms with Gasteiger partial charge in [0.2, 0.25) is 0 Å². The number of rotatable bonds is 8. The molecule has 0 aliphatic carbocycles. The van der Waals surface area contributed by atoms with Crippen LogP contribution in [0.15, 0.2) is 52.5 Å². The molecule has 0 saturated carbocycles. The van der Waals surface area contributed by atoms with Crippen LogP contribution in [0.1, 0.15) is 36.2 Å². The summed E-state index contributed by atoms with van der Waals surface area (Å²) >= 11 is 3.43. The number of amides is 1. The first-order valence-corrected chi connectivity index (χ1v) is 9.90. The van der Waals surface area contributed by atoms with Crippen LogP contribution in [0.2, 0.25) is 0 Å². The summed E-state index contributed by atoms with van der Waals surface area (Å²) in [5, 5.41) is 12.0. The van der Waals surface area contributed by atoms with Gasteiger partial charge in [-0.3, -0.25) is 4.79 Å². The lowest BCUT2D eigenvalue weighted by Crippen LogP contribution is -2.13. The van der Waals surface area contributed by atoms with Gasteiger partial charge in [-0.15, -0.1) is 0 Å². The molecule has 0 aromatic heterocycles. The van der Waals surface area contributed by atoms with Crippen LogP contribution in [0.4, 0.5) is 5.69 Å². The molecule has 0 aliphatic rings. The van der Waals surface area contributed by atoms with Crippen molar-refractivity contribution in [1.82, 2.24) is 0 Å². The van der Waals surface area contributed by atoms with Crippen LogP contribution in [0.25, 0.3) is 6.08 Å². The lowest BCUT2D eigenvalue weighted by Gasteiger charge is -2.08. The van der Waals surface area contributed by atoms with Crippen LogP contribution in [0.5, 0.6) is 5.75 Å². The molecule has 7 heteroatoms. The number of nitrogens with zero attached hydrogens (tertiary/aromatic N) is 1.